The Morgan fingerprint density at radius 1 is 1.02 bits per heavy atom. The van der Waals surface area contributed by atoms with Crippen molar-refractivity contribution >= 4 is 27.8 Å². The molecular formula is C35H40ClF5N4O5S2. The molecule has 9 nitrogen and oxygen atoms in total. The molecule has 0 aliphatic carbocycles. The normalized spacial score (nSPS) is 12.9. The molecule has 3 aromatic carbocycles. The lowest BCUT2D eigenvalue weighted by Crippen LogP contribution is -3.00. The van der Waals surface area contributed by atoms with Crippen LogP contribution < -0.4 is 17.1 Å². The van der Waals surface area contributed by atoms with Crippen LogP contribution in [-0.2, 0) is 26.0 Å². The number of hydrogen-bond donors (Lipinski definition) is 1. The number of halogens is 6. The quantitative estimate of drug-likeness (QED) is 0.111. The fourth-order valence-corrected chi connectivity index (χ4v) is 7.87. The molecule has 0 radical (unpaired) electrons. The number of carboxylic acids is 1. The van der Waals surface area contributed by atoms with Crippen LogP contribution in [0.2, 0.25) is 0 Å². The average Bonchev–Trinajstić information content (AvgIpc) is 3.48. The summed E-state index contributed by atoms with van der Waals surface area (Å²) in [6.07, 6.45) is 1.83. The summed E-state index contributed by atoms with van der Waals surface area (Å²) in [5.41, 5.74) is -0.381. The molecule has 0 saturated carbocycles. The number of quaternary nitrogens is 1. The number of likely N-dealkylation sites (N-methyl/N-ethyl adjacent to an activating group) is 1. The van der Waals surface area contributed by atoms with Crippen LogP contribution in [0.4, 0.5) is 22.0 Å². The molecule has 1 aromatic heterocycles. The molecule has 4 rings (SSSR count). The molecule has 0 spiro atoms. The van der Waals surface area contributed by atoms with Crippen molar-refractivity contribution < 1.29 is 61.9 Å². The summed E-state index contributed by atoms with van der Waals surface area (Å²) in [6.45, 7) is 4.02. The van der Waals surface area contributed by atoms with Crippen LogP contribution in [0.15, 0.2) is 64.8 Å². The summed E-state index contributed by atoms with van der Waals surface area (Å²) >= 11 is 0.893. The predicted molar refractivity (Wildman–Crippen MR) is 183 cm³/mol. The lowest BCUT2D eigenvalue weighted by atomic mass is 9.81. The van der Waals surface area contributed by atoms with E-state index in [0.717, 1.165) is 24.9 Å². The lowest BCUT2D eigenvalue weighted by molar-refractivity contribution is -0.870. The first-order chi connectivity index (χ1) is 23.7. The molecule has 1 N–H and O–H groups in total. The molecular weight excluding hydrogens is 751 g/mol. The third kappa shape index (κ3) is 9.26. The predicted octanol–water partition coefficient (Wildman–Crippen LogP) is 3.76. The van der Waals surface area contributed by atoms with Crippen LogP contribution in [0, 0.1) is 29.1 Å². The minimum absolute atomic E-state index is 0. The number of methoxy groups -OCH3 is 1. The number of rotatable bonds is 15. The van der Waals surface area contributed by atoms with E-state index in [0.29, 0.717) is 50.8 Å². The van der Waals surface area contributed by atoms with E-state index >= 15 is 8.78 Å². The number of benzene rings is 3. The minimum atomic E-state index is -4.62. The summed E-state index contributed by atoms with van der Waals surface area (Å²) in [7, 11) is 3.36. The second-order valence-corrected chi connectivity index (χ2v) is 16.5. The van der Waals surface area contributed by atoms with E-state index in [-0.39, 0.29) is 35.5 Å². The molecule has 52 heavy (non-hydrogen) atoms. The zero-order valence-electron chi connectivity index (χ0n) is 29.6. The first-order valence-corrected chi connectivity index (χ1v) is 18.1. The Balaban J connectivity index is 0.00000729. The van der Waals surface area contributed by atoms with Crippen molar-refractivity contribution in [2.75, 3.05) is 41.8 Å². The Bertz CT molecular complexity index is 2000. The number of carbonyl (C=O) groups is 1. The zero-order valence-corrected chi connectivity index (χ0v) is 31.9. The van der Waals surface area contributed by atoms with E-state index in [1.807, 2.05) is 21.1 Å². The number of nitrogens with zero attached hydrogens (tertiary/aromatic N) is 4. The third-order valence-corrected chi connectivity index (χ3v) is 11.4. The van der Waals surface area contributed by atoms with Gasteiger partial charge in [-0.1, -0.05) is 25.6 Å². The largest absolute Gasteiger partial charge is 1.00 e. The minimum Gasteiger partial charge on any atom is -1.00 e. The van der Waals surface area contributed by atoms with Gasteiger partial charge in [0.25, 0.3) is 0 Å². The van der Waals surface area contributed by atoms with Crippen LogP contribution in [0.5, 0.6) is 5.75 Å². The number of aliphatic carboxylic acids is 1. The summed E-state index contributed by atoms with van der Waals surface area (Å²) in [5.74, 6) is -7.26. The van der Waals surface area contributed by atoms with Gasteiger partial charge in [0.05, 0.1) is 51.6 Å². The van der Waals surface area contributed by atoms with Crippen molar-refractivity contribution in [1.82, 2.24) is 13.9 Å². The van der Waals surface area contributed by atoms with Gasteiger partial charge in [0.15, 0.2) is 16.7 Å². The fourth-order valence-electron chi connectivity index (χ4n) is 5.50. The number of sulfonamides is 1. The molecule has 0 bridgehead atoms. The van der Waals surface area contributed by atoms with E-state index in [4.69, 9.17) is 4.74 Å². The Morgan fingerprint density at radius 3 is 2.15 bits per heavy atom. The monoisotopic (exact) mass is 790 g/mol. The van der Waals surface area contributed by atoms with Crippen molar-refractivity contribution in [2.45, 2.75) is 54.0 Å². The van der Waals surface area contributed by atoms with Crippen LogP contribution >= 0.6 is 11.8 Å². The maximum atomic E-state index is 15.5. The molecule has 4 aromatic rings. The van der Waals surface area contributed by atoms with Gasteiger partial charge in [-0.3, -0.25) is 9.36 Å². The Hall–Kier alpha value is -3.70. The highest BCUT2D eigenvalue weighted by Crippen LogP contribution is 2.39. The number of carboxylic acid groups (broad SMARTS) is 1. The molecule has 17 heteroatoms. The molecule has 0 aliphatic rings. The van der Waals surface area contributed by atoms with E-state index < -0.39 is 67.0 Å². The molecule has 0 aliphatic heterocycles. The molecule has 1 heterocycles. The van der Waals surface area contributed by atoms with Crippen molar-refractivity contribution in [3.05, 3.63) is 101 Å². The average molecular weight is 791 g/mol. The van der Waals surface area contributed by atoms with Gasteiger partial charge in [-0.25, -0.2) is 31.0 Å². The Morgan fingerprint density at radius 2 is 1.62 bits per heavy atom. The summed E-state index contributed by atoms with van der Waals surface area (Å²) in [4.78, 5) is 15.7. The zero-order chi connectivity index (χ0) is 38.1. The van der Waals surface area contributed by atoms with Crippen molar-refractivity contribution in [3.63, 3.8) is 0 Å². The van der Waals surface area contributed by atoms with Crippen LogP contribution in [0.3, 0.4) is 0 Å². The van der Waals surface area contributed by atoms with E-state index in [9.17, 15) is 31.5 Å². The van der Waals surface area contributed by atoms with Crippen LogP contribution in [0.1, 0.15) is 43.5 Å². The van der Waals surface area contributed by atoms with Crippen molar-refractivity contribution in [3.8, 4) is 11.4 Å². The standard InChI is InChI=1S/C35H39F5N4O5S2.ClH/c1-35(2,21-15-28(39)32(40)30(16-21)49-7)31-19-41-34(43(31)23-12-10-22(36)11-13-23)50-20-25-26(37)17-24(18-27(25)38)51(47,48)42(3)29(33(45)46)9-8-14-44(4,5)6;/h10-13,15-19,29H,8-9,14,20H2,1-7H3;1H/t29-;/m0./s1. The van der Waals surface area contributed by atoms with E-state index in [1.54, 1.807) is 18.4 Å². The van der Waals surface area contributed by atoms with Crippen molar-refractivity contribution in [1.29, 1.82) is 0 Å². The van der Waals surface area contributed by atoms with Gasteiger partial charge in [-0.05, 0) is 66.9 Å². The molecule has 0 fully saturated rings. The number of hydrogen-bond acceptors (Lipinski definition) is 6. The summed E-state index contributed by atoms with van der Waals surface area (Å²) < 4.78 is 108. The van der Waals surface area contributed by atoms with E-state index in [1.165, 1.54) is 43.6 Å². The van der Waals surface area contributed by atoms with Crippen molar-refractivity contribution in [2.24, 2.45) is 0 Å². The maximum Gasteiger partial charge on any atom is 0.322 e. The highest BCUT2D eigenvalue weighted by Gasteiger charge is 2.35. The van der Waals surface area contributed by atoms with Crippen LogP contribution in [-0.4, -0.2) is 85.7 Å². The Kier molecular flexibility index (Phi) is 13.6. The SMILES string of the molecule is COc1cc(C(C)(C)c2cnc(SCc3c(F)cc(S(=O)(=O)N(C)[C@@H](CCC[N+](C)(C)C)C(=O)O)cc3F)n2-c2ccc(F)cc2)cc(F)c1F.[Cl-]. The van der Waals surface area contributed by atoms with Gasteiger partial charge in [0, 0.05) is 29.5 Å². The second kappa shape index (κ2) is 16.5. The molecule has 0 amide bonds. The summed E-state index contributed by atoms with van der Waals surface area (Å²) in [5, 5.41) is 9.97. The fraction of sp³-hybridized carbons (Fsp3) is 0.371. The van der Waals surface area contributed by atoms with Crippen LogP contribution in [0.25, 0.3) is 5.69 Å². The number of thioether (sulfide) groups is 1. The Labute approximate surface area is 310 Å². The number of aromatic nitrogens is 2. The van der Waals surface area contributed by atoms with Gasteiger partial charge in [0.1, 0.15) is 23.5 Å². The highest BCUT2D eigenvalue weighted by molar-refractivity contribution is 7.98. The van der Waals surface area contributed by atoms with E-state index in [2.05, 4.69) is 4.98 Å². The number of imidazole rings is 1. The first kappa shape index (κ1) is 42.7. The van der Waals surface area contributed by atoms with Gasteiger partial charge >= 0.3 is 5.97 Å². The molecule has 0 unspecified atom stereocenters. The van der Waals surface area contributed by atoms with Gasteiger partial charge in [0.2, 0.25) is 15.8 Å². The number of ether oxygens (including phenoxy) is 1. The second-order valence-electron chi connectivity index (χ2n) is 13.5. The highest BCUT2D eigenvalue weighted by atomic mass is 35.5. The smallest absolute Gasteiger partial charge is 0.322 e. The molecule has 1 atom stereocenters. The van der Waals surface area contributed by atoms with Gasteiger partial charge in [-0.15, -0.1) is 0 Å². The van der Waals surface area contributed by atoms with Gasteiger partial charge < -0.3 is 26.7 Å². The third-order valence-electron chi connectivity index (χ3n) is 8.56. The lowest BCUT2D eigenvalue weighted by Gasteiger charge is -2.28. The topological polar surface area (TPSA) is 102 Å². The summed E-state index contributed by atoms with van der Waals surface area (Å²) in [6, 6.07) is 7.51. The maximum absolute atomic E-state index is 15.5. The van der Waals surface area contributed by atoms with Gasteiger partial charge in [-0.2, -0.15) is 8.70 Å². The molecule has 0 saturated heterocycles. The first-order valence-electron chi connectivity index (χ1n) is 15.7. The molecule has 284 valence electrons.